The van der Waals surface area contributed by atoms with Crippen LogP contribution in [0.4, 0.5) is 26.3 Å². The molecule has 3 nitrogen and oxygen atoms in total. The van der Waals surface area contributed by atoms with Crippen molar-refractivity contribution in [2.75, 3.05) is 0 Å². The summed E-state index contributed by atoms with van der Waals surface area (Å²) in [5, 5.41) is 0. The molecule has 9 heteroatoms. The Kier molecular flexibility index (Phi) is 5.67. The lowest BCUT2D eigenvalue weighted by molar-refractivity contribution is -0.138. The third-order valence-corrected chi connectivity index (χ3v) is 3.77. The fourth-order valence-corrected chi connectivity index (χ4v) is 2.34. The second-order valence-electron chi connectivity index (χ2n) is 5.94. The highest BCUT2D eigenvalue weighted by Gasteiger charge is 2.31. The van der Waals surface area contributed by atoms with Crippen molar-refractivity contribution in [3.63, 3.8) is 0 Å². The zero-order valence-corrected chi connectivity index (χ0v) is 14.6. The number of ether oxygens (including phenoxy) is 2. The lowest BCUT2D eigenvalue weighted by atomic mass is 10.1. The van der Waals surface area contributed by atoms with Crippen molar-refractivity contribution < 1.29 is 35.8 Å². The predicted octanol–water partition coefficient (Wildman–Crippen LogP) is 6.49. The van der Waals surface area contributed by atoms with Gasteiger partial charge < -0.3 is 9.47 Å². The highest BCUT2D eigenvalue weighted by Crippen LogP contribution is 2.31. The lowest BCUT2D eigenvalue weighted by Crippen LogP contribution is -2.06. The van der Waals surface area contributed by atoms with Crippen LogP contribution in [0.5, 0.6) is 17.4 Å². The second-order valence-corrected chi connectivity index (χ2v) is 5.94. The minimum atomic E-state index is -4.48. The maximum absolute atomic E-state index is 12.7. The minimum Gasteiger partial charge on any atom is -0.489 e. The van der Waals surface area contributed by atoms with Gasteiger partial charge in [0.2, 0.25) is 5.88 Å². The van der Waals surface area contributed by atoms with E-state index in [9.17, 15) is 26.3 Å². The van der Waals surface area contributed by atoms with E-state index in [-0.39, 0.29) is 12.5 Å². The molecule has 0 unspecified atom stereocenters. The average Bonchev–Trinajstić information content (AvgIpc) is 2.67. The number of alkyl halides is 6. The van der Waals surface area contributed by atoms with Crippen LogP contribution in [0, 0.1) is 0 Å². The monoisotopic (exact) mass is 413 g/mol. The van der Waals surface area contributed by atoms with Gasteiger partial charge in [-0.05, 0) is 48.0 Å². The van der Waals surface area contributed by atoms with Gasteiger partial charge in [-0.1, -0.05) is 12.1 Å². The summed E-state index contributed by atoms with van der Waals surface area (Å²) in [6, 6.07) is 12.8. The maximum atomic E-state index is 12.7. The topological polar surface area (TPSA) is 31.4 Å². The molecule has 0 bridgehead atoms. The maximum Gasteiger partial charge on any atom is 0.417 e. The average molecular weight is 413 g/mol. The molecule has 152 valence electrons. The van der Waals surface area contributed by atoms with Gasteiger partial charge in [-0.2, -0.15) is 26.3 Å². The van der Waals surface area contributed by atoms with Crippen molar-refractivity contribution in [1.82, 2.24) is 4.98 Å². The van der Waals surface area contributed by atoms with Crippen molar-refractivity contribution in [2.45, 2.75) is 19.0 Å². The van der Waals surface area contributed by atoms with Crippen molar-refractivity contribution in [2.24, 2.45) is 0 Å². The Morgan fingerprint density at radius 2 is 1.38 bits per heavy atom. The molecule has 0 saturated heterocycles. The molecule has 0 fully saturated rings. The van der Waals surface area contributed by atoms with Crippen LogP contribution >= 0.6 is 0 Å². The number of hydrogen-bond donors (Lipinski definition) is 0. The second kappa shape index (κ2) is 8.02. The number of hydrogen-bond acceptors (Lipinski definition) is 3. The molecule has 1 aromatic heterocycles. The van der Waals surface area contributed by atoms with Crippen molar-refractivity contribution in [3.05, 3.63) is 83.6 Å². The summed E-state index contributed by atoms with van der Waals surface area (Å²) < 4.78 is 86.5. The third-order valence-electron chi connectivity index (χ3n) is 3.77. The quantitative estimate of drug-likeness (QED) is 0.448. The van der Waals surface area contributed by atoms with Crippen molar-refractivity contribution in [3.8, 4) is 17.4 Å². The lowest BCUT2D eigenvalue weighted by Gasteiger charge is -2.11. The first-order valence-corrected chi connectivity index (χ1v) is 8.21. The number of rotatable bonds is 5. The molecule has 29 heavy (non-hydrogen) atoms. The zero-order chi connectivity index (χ0) is 21.1. The summed E-state index contributed by atoms with van der Waals surface area (Å²) in [5.74, 6) is 0.675. The predicted molar refractivity (Wildman–Crippen MR) is 91.5 cm³/mol. The Morgan fingerprint density at radius 3 is 1.97 bits per heavy atom. The first-order chi connectivity index (χ1) is 13.6. The summed E-state index contributed by atoms with van der Waals surface area (Å²) in [7, 11) is 0. The van der Waals surface area contributed by atoms with Crippen molar-refractivity contribution >= 4 is 0 Å². The standard InChI is InChI=1S/C20H13F6NO2/c21-19(22,23)14-3-1-2-13(10-14)12-28-16-5-7-17(8-6-16)29-18-9-4-15(11-27-18)20(24,25)26/h1-11H,12H2. The van der Waals surface area contributed by atoms with Crippen LogP contribution in [0.2, 0.25) is 0 Å². The number of benzene rings is 2. The fraction of sp³-hybridized carbons (Fsp3) is 0.150. The van der Waals surface area contributed by atoms with Gasteiger partial charge in [0.15, 0.2) is 0 Å². The van der Waals surface area contributed by atoms with E-state index < -0.39 is 23.5 Å². The fourth-order valence-electron chi connectivity index (χ4n) is 2.34. The van der Waals surface area contributed by atoms with Crippen molar-refractivity contribution in [1.29, 1.82) is 0 Å². The molecule has 3 aromatic rings. The summed E-state index contributed by atoms with van der Waals surface area (Å²) in [4.78, 5) is 3.60. The Labute approximate surface area is 161 Å². The summed E-state index contributed by atoms with van der Waals surface area (Å²) in [6.45, 7) is -0.0649. The van der Waals surface area contributed by atoms with Gasteiger partial charge in [-0.25, -0.2) is 4.98 Å². The van der Waals surface area contributed by atoms with Gasteiger partial charge in [0.25, 0.3) is 0 Å². The Morgan fingerprint density at radius 1 is 0.724 bits per heavy atom. The van der Waals surface area contributed by atoms with E-state index in [4.69, 9.17) is 9.47 Å². The first-order valence-electron chi connectivity index (χ1n) is 8.21. The van der Waals surface area contributed by atoms with Crippen LogP contribution in [-0.2, 0) is 19.0 Å². The van der Waals surface area contributed by atoms with E-state index >= 15 is 0 Å². The van der Waals surface area contributed by atoms with Gasteiger partial charge in [-0.15, -0.1) is 0 Å². The molecule has 0 amide bonds. The summed E-state index contributed by atoms with van der Waals surface area (Å²) in [5.41, 5.74) is -1.29. The molecular weight excluding hydrogens is 400 g/mol. The molecule has 1 heterocycles. The smallest absolute Gasteiger partial charge is 0.417 e. The van der Waals surface area contributed by atoms with Gasteiger partial charge in [-0.3, -0.25) is 0 Å². The van der Waals surface area contributed by atoms with E-state index in [1.807, 2.05) is 0 Å². The van der Waals surface area contributed by atoms with Gasteiger partial charge in [0.1, 0.15) is 18.1 Å². The largest absolute Gasteiger partial charge is 0.489 e. The van der Waals surface area contributed by atoms with Crippen LogP contribution in [0.25, 0.3) is 0 Å². The normalized spacial score (nSPS) is 11.9. The Bertz CT molecular complexity index is 950. The molecular formula is C20H13F6NO2. The molecule has 0 spiro atoms. The van der Waals surface area contributed by atoms with Crippen LogP contribution in [0.1, 0.15) is 16.7 Å². The SMILES string of the molecule is FC(F)(F)c1ccc(Oc2ccc(OCc3cccc(C(F)(F)F)c3)cc2)nc1. The number of pyridine rings is 1. The molecule has 0 aliphatic heterocycles. The Hall–Kier alpha value is -3.23. The molecule has 0 radical (unpaired) electrons. The van der Waals surface area contributed by atoms with E-state index in [1.54, 1.807) is 0 Å². The zero-order valence-electron chi connectivity index (χ0n) is 14.6. The summed E-state index contributed by atoms with van der Waals surface area (Å²) in [6.07, 6.45) is -8.24. The number of halogens is 6. The molecule has 0 atom stereocenters. The van der Waals surface area contributed by atoms with Crippen LogP contribution in [0.15, 0.2) is 66.9 Å². The van der Waals surface area contributed by atoms with Gasteiger partial charge in [0, 0.05) is 12.3 Å². The Balaban J connectivity index is 1.59. The van der Waals surface area contributed by atoms with E-state index in [2.05, 4.69) is 4.98 Å². The molecule has 2 aromatic carbocycles. The highest BCUT2D eigenvalue weighted by molar-refractivity contribution is 5.34. The molecule has 0 aliphatic carbocycles. The summed E-state index contributed by atoms with van der Waals surface area (Å²) >= 11 is 0. The molecule has 0 N–H and O–H groups in total. The molecule has 0 aliphatic rings. The van der Waals surface area contributed by atoms with Gasteiger partial charge in [0.05, 0.1) is 11.1 Å². The van der Waals surface area contributed by atoms with Crippen LogP contribution < -0.4 is 9.47 Å². The number of aromatic nitrogens is 1. The first kappa shape index (κ1) is 20.5. The van der Waals surface area contributed by atoms with E-state index in [1.165, 1.54) is 36.4 Å². The minimum absolute atomic E-state index is 0.0179. The van der Waals surface area contributed by atoms with Gasteiger partial charge >= 0.3 is 12.4 Å². The highest BCUT2D eigenvalue weighted by atomic mass is 19.4. The number of nitrogens with zero attached hydrogens (tertiary/aromatic N) is 1. The van der Waals surface area contributed by atoms with E-state index in [0.29, 0.717) is 23.3 Å². The van der Waals surface area contributed by atoms with Crippen LogP contribution in [0.3, 0.4) is 0 Å². The van der Waals surface area contributed by atoms with E-state index in [0.717, 1.165) is 24.3 Å². The molecule has 3 rings (SSSR count). The van der Waals surface area contributed by atoms with Crippen LogP contribution in [-0.4, -0.2) is 4.98 Å². The molecule has 0 saturated carbocycles. The third kappa shape index (κ3) is 5.63.